The Hall–Kier alpha value is -0.440. The molecule has 0 fully saturated rings. The lowest BCUT2D eigenvalue weighted by molar-refractivity contribution is -0.119. The molecule has 0 aliphatic heterocycles. The van der Waals surface area contributed by atoms with Crippen LogP contribution in [0.15, 0.2) is 12.2 Å². The van der Waals surface area contributed by atoms with Gasteiger partial charge in [-0.2, -0.15) is 0 Å². The van der Waals surface area contributed by atoms with E-state index in [1.165, 1.54) is 0 Å². The molecular weight excluding hydrogens is 158 g/mol. The Balaban J connectivity index is 3.82. The molecule has 0 bridgehead atoms. The van der Waals surface area contributed by atoms with Gasteiger partial charge in [-0.05, 0) is 20.8 Å². The minimum atomic E-state index is -0.445. The predicted molar refractivity (Wildman–Crippen MR) is 50.5 cm³/mol. The Morgan fingerprint density at radius 3 is 2.55 bits per heavy atom. The van der Waals surface area contributed by atoms with E-state index in [-0.39, 0.29) is 5.91 Å². The monoisotopic (exact) mass is 173 g/mol. The highest BCUT2D eigenvalue weighted by Crippen LogP contribution is 2.23. The quantitative estimate of drug-likeness (QED) is 0.656. The number of carbonyl (C=O) groups is 1. The highest BCUT2D eigenvalue weighted by Gasteiger charge is 2.24. The van der Waals surface area contributed by atoms with Gasteiger partial charge in [0.05, 0.1) is 4.75 Å². The minimum absolute atomic E-state index is 0.257. The average molecular weight is 173 g/mol. The maximum Gasteiger partial charge on any atom is 0.233 e. The van der Waals surface area contributed by atoms with Gasteiger partial charge in [-0.1, -0.05) is 12.2 Å². The van der Waals surface area contributed by atoms with Gasteiger partial charge in [0.15, 0.2) is 0 Å². The molecule has 0 aliphatic carbocycles. The fourth-order valence-corrected chi connectivity index (χ4v) is 1.27. The Morgan fingerprint density at radius 1 is 1.64 bits per heavy atom. The molecule has 0 saturated carbocycles. The molecule has 0 spiro atoms. The third-order valence-electron chi connectivity index (χ3n) is 1.37. The third-order valence-corrected chi connectivity index (χ3v) is 2.65. The Bertz CT molecular complexity index is 163. The molecule has 2 N–H and O–H groups in total. The van der Waals surface area contributed by atoms with E-state index in [1.807, 2.05) is 32.9 Å². The molecule has 0 aromatic carbocycles. The van der Waals surface area contributed by atoms with Crippen LogP contribution < -0.4 is 5.73 Å². The number of hydrogen-bond acceptors (Lipinski definition) is 2. The normalized spacial score (nSPS) is 12.3. The fraction of sp³-hybridized carbons (Fsp3) is 0.625. The molecule has 0 atom stereocenters. The number of allylic oxidation sites excluding steroid dienone is 1. The smallest absolute Gasteiger partial charge is 0.233 e. The maximum atomic E-state index is 10.8. The lowest BCUT2D eigenvalue weighted by Gasteiger charge is -2.18. The van der Waals surface area contributed by atoms with E-state index in [0.717, 1.165) is 5.75 Å². The second kappa shape index (κ2) is 4.44. The third kappa shape index (κ3) is 4.09. The van der Waals surface area contributed by atoms with Gasteiger partial charge in [0.2, 0.25) is 5.91 Å². The first kappa shape index (κ1) is 10.6. The van der Waals surface area contributed by atoms with Crippen LogP contribution in [0.1, 0.15) is 20.8 Å². The van der Waals surface area contributed by atoms with Crippen LogP contribution in [0.4, 0.5) is 0 Å². The lowest BCUT2D eigenvalue weighted by atomic mass is 10.2. The largest absolute Gasteiger partial charge is 0.368 e. The van der Waals surface area contributed by atoms with E-state index in [4.69, 9.17) is 5.73 Å². The minimum Gasteiger partial charge on any atom is -0.368 e. The zero-order valence-corrected chi connectivity index (χ0v) is 8.07. The molecule has 0 aromatic rings. The Kier molecular flexibility index (Phi) is 4.26. The molecule has 3 heteroatoms. The first-order valence-corrected chi connectivity index (χ1v) is 4.54. The van der Waals surface area contributed by atoms with Gasteiger partial charge in [0.1, 0.15) is 0 Å². The van der Waals surface area contributed by atoms with Crippen LogP contribution in [0, 0.1) is 0 Å². The molecule has 0 unspecified atom stereocenters. The molecule has 2 nitrogen and oxygen atoms in total. The van der Waals surface area contributed by atoms with E-state index < -0.39 is 4.75 Å². The fourth-order valence-electron chi connectivity index (χ4n) is 0.424. The van der Waals surface area contributed by atoms with Crippen molar-refractivity contribution in [3.8, 4) is 0 Å². The summed E-state index contributed by atoms with van der Waals surface area (Å²) in [5, 5.41) is 0. The van der Waals surface area contributed by atoms with Crippen molar-refractivity contribution < 1.29 is 4.79 Å². The molecule has 1 amide bonds. The SMILES string of the molecule is C/C=C\CSC(C)(C)C(N)=O. The van der Waals surface area contributed by atoms with Gasteiger partial charge >= 0.3 is 0 Å². The van der Waals surface area contributed by atoms with Crippen LogP contribution in [-0.2, 0) is 4.79 Å². The van der Waals surface area contributed by atoms with E-state index in [2.05, 4.69) is 0 Å². The van der Waals surface area contributed by atoms with Gasteiger partial charge in [0, 0.05) is 5.75 Å². The first-order valence-electron chi connectivity index (χ1n) is 3.55. The van der Waals surface area contributed by atoms with Crippen molar-refractivity contribution in [2.24, 2.45) is 5.73 Å². The summed E-state index contributed by atoms with van der Waals surface area (Å²) in [7, 11) is 0. The molecule has 0 aliphatic rings. The summed E-state index contributed by atoms with van der Waals surface area (Å²) in [6.45, 7) is 5.63. The topological polar surface area (TPSA) is 43.1 Å². The second-order valence-electron chi connectivity index (χ2n) is 2.75. The summed E-state index contributed by atoms with van der Waals surface area (Å²) < 4.78 is -0.445. The van der Waals surface area contributed by atoms with Crippen molar-refractivity contribution in [2.45, 2.75) is 25.5 Å². The number of carbonyl (C=O) groups excluding carboxylic acids is 1. The highest BCUT2D eigenvalue weighted by atomic mass is 32.2. The van der Waals surface area contributed by atoms with Crippen LogP contribution >= 0.6 is 11.8 Å². The first-order chi connectivity index (χ1) is 5.00. The Labute approximate surface area is 72.2 Å². The van der Waals surface area contributed by atoms with Crippen molar-refractivity contribution in [3.05, 3.63) is 12.2 Å². The van der Waals surface area contributed by atoms with Crippen LogP contribution in [0.2, 0.25) is 0 Å². The molecule has 0 aromatic heterocycles. The molecule has 64 valence electrons. The van der Waals surface area contributed by atoms with E-state index in [1.54, 1.807) is 11.8 Å². The van der Waals surface area contributed by atoms with Gasteiger partial charge in [-0.25, -0.2) is 0 Å². The zero-order chi connectivity index (χ0) is 8.91. The van der Waals surface area contributed by atoms with Crippen molar-refractivity contribution in [3.63, 3.8) is 0 Å². The van der Waals surface area contributed by atoms with E-state index >= 15 is 0 Å². The second-order valence-corrected chi connectivity index (χ2v) is 4.40. The molecule has 0 saturated heterocycles. The van der Waals surface area contributed by atoms with Gasteiger partial charge in [0.25, 0.3) is 0 Å². The molecular formula is C8H15NOS. The summed E-state index contributed by atoms with van der Waals surface area (Å²) in [6.07, 6.45) is 3.97. The van der Waals surface area contributed by atoms with E-state index in [9.17, 15) is 4.79 Å². The average Bonchev–Trinajstić information content (AvgIpc) is 1.88. The number of thioether (sulfide) groups is 1. The van der Waals surface area contributed by atoms with Gasteiger partial charge in [-0.15, -0.1) is 11.8 Å². The molecule has 0 rings (SSSR count). The standard InChI is InChI=1S/C8H15NOS/c1-4-5-6-11-8(2,3)7(9)10/h4-5H,6H2,1-3H3,(H2,9,10)/b5-4-. The van der Waals surface area contributed by atoms with Crippen LogP contribution in [0.25, 0.3) is 0 Å². The molecule has 0 heterocycles. The number of hydrogen-bond donors (Lipinski definition) is 1. The van der Waals surface area contributed by atoms with Crippen molar-refractivity contribution in [2.75, 3.05) is 5.75 Å². The molecule has 11 heavy (non-hydrogen) atoms. The summed E-state index contributed by atoms with van der Waals surface area (Å²) in [5.41, 5.74) is 5.17. The number of amides is 1. The summed E-state index contributed by atoms with van der Waals surface area (Å²) >= 11 is 1.55. The molecule has 0 radical (unpaired) electrons. The van der Waals surface area contributed by atoms with Gasteiger partial charge in [-0.3, -0.25) is 4.79 Å². The van der Waals surface area contributed by atoms with Crippen molar-refractivity contribution in [1.29, 1.82) is 0 Å². The Morgan fingerprint density at radius 2 is 2.18 bits per heavy atom. The highest BCUT2D eigenvalue weighted by molar-refractivity contribution is 8.01. The van der Waals surface area contributed by atoms with Crippen LogP contribution in [0.3, 0.4) is 0 Å². The van der Waals surface area contributed by atoms with Crippen LogP contribution in [0.5, 0.6) is 0 Å². The number of nitrogens with two attached hydrogens (primary N) is 1. The maximum absolute atomic E-state index is 10.8. The summed E-state index contributed by atoms with van der Waals surface area (Å²) in [5.74, 6) is 0.582. The van der Waals surface area contributed by atoms with Crippen molar-refractivity contribution in [1.82, 2.24) is 0 Å². The predicted octanol–water partition coefficient (Wildman–Crippen LogP) is 1.56. The zero-order valence-electron chi connectivity index (χ0n) is 7.26. The lowest BCUT2D eigenvalue weighted by Crippen LogP contribution is -2.34. The van der Waals surface area contributed by atoms with Gasteiger partial charge < -0.3 is 5.73 Å². The van der Waals surface area contributed by atoms with Crippen molar-refractivity contribution >= 4 is 17.7 Å². The number of primary amides is 1. The van der Waals surface area contributed by atoms with Crippen LogP contribution in [-0.4, -0.2) is 16.4 Å². The number of rotatable bonds is 4. The summed E-state index contributed by atoms with van der Waals surface area (Å²) in [6, 6.07) is 0. The van der Waals surface area contributed by atoms with E-state index in [0.29, 0.717) is 0 Å². The summed E-state index contributed by atoms with van der Waals surface area (Å²) in [4.78, 5) is 10.8.